The van der Waals surface area contributed by atoms with Crippen molar-refractivity contribution in [2.45, 2.75) is 0 Å². The summed E-state index contributed by atoms with van der Waals surface area (Å²) in [4.78, 5) is 50.3. The molecule has 1 aliphatic rings. The van der Waals surface area contributed by atoms with Crippen molar-refractivity contribution >= 4 is 34.7 Å². The van der Waals surface area contributed by atoms with Crippen molar-refractivity contribution in [3.63, 3.8) is 0 Å². The summed E-state index contributed by atoms with van der Waals surface area (Å²) in [6.45, 7) is 0. The Labute approximate surface area is 162 Å². The number of fused-ring (bicyclic) bond motifs is 1. The quantitative estimate of drug-likeness (QED) is 0.485. The minimum absolute atomic E-state index is 0.00972. The molecule has 1 aliphatic heterocycles. The van der Waals surface area contributed by atoms with Crippen molar-refractivity contribution in [1.82, 2.24) is 10.2 Å². The van der Waals surface area contributed by atoms with E-state index in [1.165, 1.54) is 36.2 Å². The van der Waals surface area contributed by atoms with Crippen LogP contribution in [0.4, 0.5) is 11.4 Å². The van der Waals surface area contributed by atoms with Crippen LogP contribution in [0.3, 0.4) is 0 Å². The molecule has 0 radical (unpaired) electrons. The molecule has 2 N–H and O–H groups in total. The number of rotatable bonds is 2. The fourth-order valence-corrected chi connectivity index (χ4v) is 3.32. The van der Waals surface area contributed by atoms with Crippen LogP contribution in [0, 0.1) is 10.1 Å². The minimum Gasteiger partial charge on any atom is -0.310 e. The Morgan fingerprint density at radius 1 is 1.00 bits per heavy atom. The Balaban J connectivity index is 2.06. The van der Waals surface area contributed by atoms with Gasteiger partial charge in [-0.25, -0.2) is 0 Å². The predicted molar refractivity (Wildman–Crippen MR) is 105 cm³/mol. The lowest BCUT2D eigenvalue weighted by molar-refractivity contribution is -0.385. The highest BCUT2D eigenvalue weighted by Gasteiger charge is 2.33. The molecule has 1 aromatic heterocycles. The minimum atomic E-state index is -0.604. The molecule has 0 saturated heterocycles. The van der Waals surface area contributed by atoms with Crippen LogP contribution in [-0.2, 0) is 4.79 Å². The summed E-state index contributed by atoms with van der Waals surface area (Å²) in [5.74, 6) is -1.11. The van der Waals surface area contributed by atoms with E-state index in [1.807, 2.05) is 0 Å². The number of carbonyl (C=O) groups is 2. The molecule has 29 heavy (non-hydrogen) atoms. The van der Waals surface area contributed by atoms with E-state index in [4.69, 9.17) is 0 Å². The van der Waals surface area contributed by atoms with Crippen molar-refractivity contribution in [1.29, 1.82) is 0 Å². The Bertz CT molecular complexity index is 1370. The lowest BCUT2D eigenvalue weighted by Gasteiger charge is -2.25. The van der Waals surface area contributed by atoms with Crippen molar-refractivity contribution in [3.05, 3.63) is 90.7 Å². The van der Waals surface area contributed by atoms with E-state index in [0.717, 1.165) is 0 Å². The van der Waals surface area contributed by atoms with Gasteiger partial charge in [0.15, 0.2) is 0 Å². The molecule has 0 fully saturated rings. The standard InChI is InChI=1S/C20H14N4O5/c1-23-15-9-5-3-7-12(15)18(25)16(20(23)27)17-13(19(26)22-21-17)10-11-6-2-4-8-14(11)24(28)29/h2-10,21H,1H3,(H,22,26)/b13-10-,17-16+. The van der Waals surface area contributed by atoms with Gasteiger partial charge in [0, 0.05) is 18.7 Å². The zero-order valence-corrected chi connectivity index (χ0v) is 15.1. The summed E-state index contributed by atoms with van der Waals surface area (Å²) in [7, 11) is 1.53. The number of aromatic amines is 2. The van der Waals surface area contributed by atoms with Crippen LogP contribution < -0.4 is 21.0 Å². The molecule has 3 aromatic rings. The molecule has 0 atom stereocenters. The fourth-order valence-electron chi connectivity index (χ4n) is 3.32. The first-order valence-corrected chi connectivity index (χ1v) is 8.58. The van der Waals surface area contributed by atoms with Crippen molar-refractivity contribution < 1.29 is 14.5 Å². The van der Waals surface area contributed by atoms with Crippen molar-refractivity contribution in [2.24, 2.45) is 0 Å². The number of nitro benzene ring substituents is 1. The maximum absolute atomic E-state index is 13.0. The molecule has 0 aliphatic carbocycles. The highest BCUT2D eigenvalue weighted by Crippen LogP contribution is 2.28. The number of nitro groups is 1. The van der Waals surface area contributed by atoms with Gasteiger partial charge in [0.25, 0.3) is 17.2 Å². The zero-order chi connectivity index (χ0) is 20.7. The number of anilines is 1. The molecule has 9 nitrogen and oxygen atoms in total. The van der Waals surface area contributed by atoms with Gasteiger partial charge in [-0.3, -0.25) is 34.7 Å². The summed E-state index contributed by atoms with van der Waals surface area (Å²) in [5.41, 5.74) is -0.0551. The Morgan fingerprint density at radius 3 is 2.45 bits per heavy atom. The third kappa shape index (κ3) is 2.85. The number of hydrogen-bond donors (Lipinski definition) is 2. The number of carbonyl (C=O) groups excluding carboxylic acids is 2. The van der Waals surface area contributed by atoms with Crippen LogP contribution in [0.1, 0.15) is 15.9 Å². The summed E-state index contributed by atoms with van der Waals surface area (Å²) < 4.78 is 0. The van der Waals surface area contributed by atoms with E-state index in [1.54, 1.807) is 30.3 Å². The number of para-hydroxylation sites is 2. The molecule has 0 spiro atoms. The van der Waals surface area contributed by atoms with Crippen LogP contribution in [0.15, 0.2) is 53.3 Å². The van der Waals surface area contributed by atoms with E-state index in [2.05, 4.69) is 10.2 Å². The van der Waals surface area contributed by atoms with E-state index in [9.17, 15) is 24.5 Å². The number of Topliss-reactive ketones (excluding diaryl/α,β-unsaturated/α-hetero) is 1. The number of benzene rings is 2. The SMILES string of the molecule is CN1C(=O)/C(=c2/[nH][nH]c(=O)/c2=C\c2ccccc2[N+](=O)[O-])C(=O)c2ccccc21. The molecule has 0 bridgehead atoms. The number of H-pyrrole nitrogens is 2. The average molecular weight is 390 g/mol. The molecule has 0 saturated carbocycles. The summed E-state index contributed by atoms with van der Waals surface area (Å²) in [6.07, 6.45) is 1.29. The highest BCUT2D eigenvalue weighted by molar-refractivity contribution is 6.51. The third-order valence-electron chi connectivity index (χ3n) is 4.75. The maximum atomic E-state index is 13.0. The Morgan fingerprint density at radius 2 is 1.69 bits per heavy atom. The summed E-state index contributed by atoms with van der Waals surface area (Å²) in [6, 6.07) is 12.5. The van der Waals surface area contributed by atoms with E-state index in [-0.39, 0.29) is 27.4 Å². The van der Waals surface area contributed by atoms with Gasteiger partial charge in [-0.05, 0) is 24.3 Å². The first kappa shape index (κ1) is 18.1. The van der Waals surface area contributed by atoms with Gasteiger partial charge in [-0.1, -0.05) is 24.3 Å². The van der Waals surface area contributed by atoms with Crippen LogP contribution in [0.5, 0.6) is 0 Å². The second-order valence-electron chi connectivity index (χ2n) is 6.41. The number of nitrogens with one attached hydrogen (secondary N) is 2. The first-order valence-electron chi connectivity index (χ1n) is 8.58. The second-order valence-corrected chi connectivity index (χ2v) is 6.41. The number of aromatic nitrogens is 2. The first-order chi connectivity index (χ1) is 13.9. The molecule has 144 valence electrons. The van der Waals surface area contributed by atoms with Crippen molar-refractivity contribution in [3.8, 4) is 0 Å². The number of amides is 1. The lowest BCUT2D eigenvalue weighted by atomic mass is 9.95. The second kappa shape index (κ2) is 6.71. The lowest BCUT2D eigenvalue weighted by Crippen LogP contribution is -2.44. The third-order valence-corrected chi connectivity index (χ3v) is 4.75. The molecular weight excluding hydrogens is 376 g/mol. The normalized spacial score (nSPS) is 16.2. The van der Waals surface area contributed by atoms with E-state index < -0.39 is 22.2 Å². The molecule has 2 heterocycles. The topological polar surface area (TPSA) is 129 Å². The van der Waals surface area contributed by atoms with Crippen molar-refractivity contribution in [2.75, 3.05) is 11.9 Å². The molecule has 2 aromatic carbocycles. The van der Waals surface area contributed by atoms with Gasteiger partial charge in [0.2, 0.25) is 5.78 Å². The molecule has 0 unspecified atom stereocenters. The van der Waals surface area contributed by atoms with E-state index in [0.29, 0.717) is 11.3 Å². The highest BCUT2D eigenvalue weighted by atomic mass is 16.6. The smallest absolute Gasteiger partial charge is 0.276 e. The monoisotopic (exact) mass is 390 g/mol. The predicted octanol–water partition coefficient (Wildman–Crippen LogP) is 0.450. The summed E-state index contributed by atoms with van der Waals surface area (Å²) >= 11 is 0. The van der Waals surface area contributed by atoms with Gasteiger partial charge < -0.3 is 4.90 Å². The van der Waals surface area contributed by atoms with Crippen LogP contribution in [-0.4, -0.2) is 33.9 Å². The number of hydrogen-bond acceptors (Lipinski definition) is 5. The van der Waals surface area contributed by atoms with Crippen LogP contribution >= 0.6 is 0 Å². The molecule has 9 heteroatoms. The van der Waals surface area contributed by atoms with Crippen LogP contribution in [0.2, 0.25) is 0 Å². The Hall–Kier alpha value is -4.27. The Kier molecular flexibility index (Phi) is 4.19. The van der Waals surface area contributed by atoms with Gasteiger partial charge in [-0.2, -0.15) is 0 Å². The van der Waals surface area contributed by atoms with Gasteiger partial charge >= 0.3 is 0 Å². The molecule has 1 amide bonds. The molecular formula is C20H14N4O5. The number of nitrogens with zero attached hydrogens (tertiary/aromatic N) is 2. The van der Waals surface area contributed by atoms with Gasteiger partial charge in [0.1, 0.15) is 5.57 Å². The van der Waals surface area contributed by atoms with Crippen LogP contribution in [0.25, 0.3) is 11.6 Å². The largest absolute Gasteiger partial charge is 0.310 e. The molecule has 4 rings (SSSR count). The number of ketones is 1. The summed E-state index contributed by atoms with van der Waals surface area (Å²) in [5, 5.41) is 16.2. The van der Waals surface area contributed by atoms with E-state index >= 15 is 0 Å². The maximum Gasteiger partial charge on any atom is 0.276 e. The zero-order valence-electron chi connectivity index (χ0n) is 15.1. The van der Waals surface area contributed by atoms with Gasteiger partial charge in [0.05, 0.1) is 26.7 Å². The fraction of sp³-hybridized carbons (Fsp3) is 0.0500. The average Bonchev–Trinajstić information content (AvgIpc) is 3.07. The van der Waals surface area contributed by atoms with Gasteiger partial charge in [-0.15, -0.1) is 0 Å².